The van der Waals surface area contributed by atoms with Crippen molar-refractivity contribution in [1.82, 2.24) is 0 Å². The van der Waals surface area contributed by atoms with Gasteiger partial charge in [-0.2, -0.15) is 0 Å². The summed E-state index contributed by atoms with van der Waals surface area (Å²) in [6, 6.07) is 18.0. The second-order valence-electron chi connectivity index (χ2n) is 7.81. The highest BCUT2D eigenvalue weighted by atomic mass is 15.1. The summed E-state index contributed by atoms with van der Waals surface area (Å²) < 4.78 is 0. The molecule has 154 valence electrons. The largest absolute Gasteiger partial charge is 0.372 e. The first kappa shape index (κ1) is 21.2. The topological polar surface area (TPSA) is 6.48 Å². The van der Waals surface area contributed by atoms with Crippen molar-refractivity contribution < 1.29 is 0 Å². The van der Waals surface area contributed by atoms with Gasteiger partial charge in [0.2, 0.25) is 0 Å². The van der Waals surface area contributed by atoms with Crippen LogP contribution >= 0.6 is 0 Å². The SMILES string of the molecule is CCN(CC)c1ccc(C=C2CCC(=Cc3ccc(N(CC)CC)cc3)C2)cc1. The molecule has 1 fully saturated rings. The highest BCUT2D eigenvalue weighted by molar-refractivity contribution is 5.63. The van der Waals surface area contributed by atoms with Crippen LogP contribution in [-0.2, 0) is 0 Å². The molecule has 0 heterocycles. The molecule has 0 aliphatic heterocycles. The van der Waals surface area contributed by atoms with Crippen molar-refractivity contribution in [2.75, 3.05) is 36.0 Å². The lowest BCUT2D eigenvalue weighted by Crippen LogP contribution is -2.21. The summed E-state index contributed by atoms with van der Waals surface area (Å²) in [6.07, 6.45) is 8.24. The van der Waals surface area contributed by atoms with E-state index in [1.807, 2.05) is 0 Å². The number of rotatable bonds is 8. The zero-order chi connectivity index (χ0) is 20.6. The molecule has 0 spiro atoms. The Morgan fingerprint density at radius 2 is 0.931 bits per heavy atom. The number of benzene rings is 2. The minimum atomic E-state index is 1.06. The third-order valence-corrected chi connectivity index (χ3v) is 6.01. The summed E-state index contributed by atoms with van der Waals surface area (Å²) >= 11 is 0. The Morgan fingerprint density at radius 3 is 1.24 bits per heavy atom. The van der Waals surface area contributed by atoms with Crippen molar-refractivity contribution in [3.05, 3.63) is 70.8 Å². The Morgan fingerprint density at radius 1 is 0.586 bits per heavy atom. The van der Waals surface area contributed by atoms with Crippen molar-refractivity contribution in [1.29, 1.82) is 0 Å². The van der Waals surface area contributed by atoms with Gasteiger partial charge in [0.05, 0.1) is 0 Å². The van der Waals surface area contributed by atoms with Gasteiger partial charge in [-0.25, -0.2) is 0 Å². The first-order valence-electron chi connectivity index (χ1n) is 11.3. The molecule has 29 heavy (non-hydrogen) atoms. The van der Waals surface area contributed by atoms with Gasteiger partial charge in [-0.05, 0) is 82.3 Å². The number of anilines is 2. The molecule has 2 nitrogen and oxygen atoms in total. The van der Waals surface area contributed by atoms with Gasteiger partial charge in [0.25, 0.3) is 0 Å². The molecular formula is C27H36N2. The minimum absolute atomic E-state index is 1.06. The summed E-state index contributed by atoms with van der Waals surface area (Å²) in [5, 5.41) is 0. The molecule has 2 aromatic carbocycles. The average Bonchev–Trinajstić information content (AvgIpc) is 3.19. The highest BCUT2D eigenvalue weighted by Crippen LogP contribution is 2.33. The standard InChI is InChI=1S/C27H36N2/c1-5-28(6-2)26-15-11-22(12-16-26)19-24-9-10-25(21-24)20-23-13-17-27(18-14-23)29(7-3)8-4/h11-20H,5-10,21H2,1-4H3. The van der Waals surface area contributed by atoms with Crippen LogP contribution in [0.25, 0.3) is 12.2 Å². The van der Waals surface area contributed by atoms with Gasteiger partial charge in [0, 0.05) is 37.6 Å². The van der Waals surface area contributed by atoms with E-state index >= 15 is 0 Å². The molecule has 0 bridgehead atoms. The first-order chi connectivity index (χ1) is 14.2. The predicted molar refractivity (Wildman–Crippen MR) is 130 cm³/mol. The van der Waals surface area contributed by atoms with Crippen molar-refractivity contribution in [3.8, 4) is 0 Å². The molecule has 3 rings (SSSR count). The van der Waals surface area contributed by atoms with Crippen molar-refractivity contribution in [2.45, 2.75) is 47.0 Å². The first-order valence-corrected chi connectivity index (χ1v) is 11.3. The van der Waals surface area contributed by atoms with Crippen molar-refractivity contribution in [2.24, 2.45) is 0 Å². The van der Waals surface area contributed by atoms with Crippen LogP contribution in [-0.4, -0.2) is 26.2 Å². The van der Waals surface area contributed by atoms with E-state index in [2.05, 4.69) is 98.2 Å². The van der Waals surface area contributed by atoms with Crippen LogP contribution in [0.2, 0.25) is 0 Å². The van der Waals surface area contributed by atoms with E-state index in [-0.39, 0.29) is 0 Å². The van der Waals surface area contributed by atoms with Crippen LogP contribution in [0.1, 0.15) is 58.1 Å². The van der Waals surface area contributed by atoms with Gasteiger partial charge in [0.15, 0.2) is 0 Å². The van der Waals surface area contributed by atoms with Gasteiger partial charge in [-0.3, -0.25) is 0 Å². The molecular weight excluding hydrogens is 352 g/mol. The number of hydrogen-bond acceptors (Lipinski definition) is 2. The predicted octanol–water partition coefficient (Wildman–Crippen LogP) is 7.03. The van der Waals surface area contributed by atoms with Crippen LogP contribution in [0.5, 0.6) is 0 Å². The van der Waals surface area contributed by atoms with Crippen LogP contribution < -0.4 is 9.80 Å². The van der Waals surface area contributed by atoms with E-state index in [4.69, 9.17) is 0 Å². The maximum atomic E-state index is 2.39. The molecule has 2 heteroatoms. The van der Waals surface area contributed by atoms with Crippen LogP contribution in [0.4, 0.5) is 11.4 Å². The van der Waals surface area contributed by atoms with Crippen LogP contribution in [0.15, 0.2) is 59.7 Å². The fourth-order valence-corrected chi connectivity index (χ4v) is 4.25. The van der Waals surface area contributed by atoms with Gasteiger partial charge >= 0.3 is 0 Å². The van der Waals surface area contributed by atoms with Crippen molar-refractivity contribution >= 4 is 23.5 Å². The fraction of sp³-hybridized carbons (Fsp3) is 0.407. The minimum Gasteiger partial charge on any atom is -0.372 e. The Kier molecular flexibility index (Phi) is 7.57. The molecule has 0 saturated heterocycles. The second kappa shape index (κ2) is 10.3. The van der Waals surface area contributed by atoms with Crippen molar-refractivity contribution in [3.63, 3.8) is 0 Å². The summed E-state index contributed by atoms with van der Waals surface area (Å²) in [5.74, 6) is 0. The fourth-order valence-electron chi connectivity index (χ4n) is 4.25. The van der Waals surface area contributed by atoms with Crippen LogP contribution in [0.3, 0.4) is 0 Å². The molecule has 1 aliphatic carbocycles. The van der Waals surface area contributed by atoms with E-state index in [0.29, 0.717) is 0 Å². The molecule has 2 aromatic rings. The zero-order valence-electron chi connectivity index (χ0n) is 18.6. The molecule has 0 unspecified atom stereocenters. The number of hydrogen-bond donors (Lipinski definition) is 0. The molecule has 0 radical (unpaired) electrons. The summed E-state index contributed by atoms with van der Waals surface area (Å²) in [5.41, 5.74) is 8.37. The zero-order valence-corrected chi connectivity index (χ0v) is 18.6. The Hall–Kier alpha value is -2.48. The van der Waals surface area contributed by atoms with Crippen LogP contribution in [0, 0.1) is 0 Å². The Balaban J connectivity index is 1.65. The third kappa shape index (κ3) is 5.53. The van der Waals surface area contributed by atoms with E-state index in [0.717, 1.165) is 32.6 Å². The molecule has 0 amide bonds. The van der Waals surface area contributed by atoms with E-state index in [1.54, 1.807) is 11.1 Å². The lowest BCUT2D eigenvalue weighted by Gasteiger charge is -2.20. The normalized spacial score (nSPS) is 16.6. The maximum absolute atomic E-state index is 2.39. The molecule has 0 N–H and O–H groups in total. The van der Waals surface area contributed by atoms with Gasteiger partial charge in [-0.15, -0.1) is 0 Å². The molecule has 0 aromatic heterocycles. The summed E-state index contributed by atoms with van der Waals surface area (Å²) in [7, 11) is 0. The molecule has 0 atom stereocenters. The molecule has 1 saturated carbocycles. The smallest absolute Gasteiger partial charge is 0.0366 e. The Labute approximate surface area is 177 Å². The third-order valence-electron chi connectivity index (χ3n) is 6.01. The lowest BCUT2D eigenvalue weighted by atomic mass is 10.1. The van der Waals surface area contributed by atoms with E-state index in [9.17, 15) is 0 Å². The highest BCUT2D eigenvalue weighted by Gasteiger charge is 2.13. The van der Waals surface area contributed by atoms with E-state index in [1.165, 1.54) is 35.3 Å². The Bertz CT molecular complexity index is 748. The van der Waals surface area contributed by atoms with E-state index < -0.39 is 0 Å². The van der Waals surface area contributed by atoms with Gasteiger partial charge < -0.3 is 9.80 Å². The quantitative estimate of drug-likeness (QED) is 0.479. The lowest BCUT2D eigenvalue weighted by molar-refractivity contribution is 0.866. The molecule has 1 aliphatic rings. The average molecular weight is 389 g/mol. The maximum Gasteiger partial charge on any atom is 0.0366 e. The summed E-state index contributed by atoms with van der Waals surface area (Å²) in [4.78, 5) is 4.78. The monoisotopic (exact) mass is 388 g/mol. The number of nitrogens with zero attached hydrogens (tertiary/aromatic N) is 2. The summed E-state index contributed by atoms with van der Waals surface area (Å²) in [6.45, 7) is 13.1. The van der Waals surface area contributed by atoms with Gasteiger partial charge in [-0.1, -0.05) is 47.6 Å². The number of allylic oxidation sites excluding steroid dienone is 2. The second-order valence-corrected chi connectivity index (χ2v) is 7.81. The van der Waals surface area contributed by atoms with Gasteiger partial charge in [0.1, 0.15) is 0 Å².